The second-order valence-corrected chi connectivity index (χ2v) is 11.6. The molecule has 2 heterocycles. The Hall–Kier alpha value is -2.89. The third kappa shape index (κ3) is 4.32. The lowest BCUT2D eigenvalue weighted by molar-refractivity contribution is 0.00578. The number of sulfonamides is 1. The Balaban J connectivity index is 0.00000361. The van der Waals surface area contributed by atoms with E-state index in [-0.39, 0.29) is 18.3 Å². The predicted molar refractivity (Wildman–Crippen MR) is 136 cm³/mol. The van der Waals surface area contributed by atoms with Gasteiger partial charge in [-0.1, -0.05) is 0 Å². The van der Waals surface area contributed by atoms with E-state index in [9.17, 15) is 17.6 Å². The van der Waals surface area contributed by atoms with Crippen LogP contribution in [0.5, 0.6) is 0 Å². The zero-order chi connectivity index (χ0) is 25.9. The number of halogens is 1. The van der Waals surface area contributed by atoms with E-state index in [1.165, 1.54) is 38.4 Å². The fourth-order valence-electron chi connectivity index (χ4n) is 3.91. The number of hydrogen-bond donors (Lipinski definition) is 1. The molecular weight excluding hydrogens is 474 g/mol. The Bertz CT molecular complexity index is 1410. The molecule has 8 nitrogen and oxygen atoms in total. The largest absolute Gasteiger partial charge is 0.497 e. The van der Waals surface area contributed by atoms with Crippen LogP contribution in [0.1, 0.15) is 39.5 Å². The SMILES string of the molecule is CNC(=O)c1c(-c2ccc(F)cc2)oc2cc(N(C)S(C)(=O)=O)c(B3OC(C)(C)C(C)(C)O3)cc12.[HH]. The van der Waals surface area contributed by atoms with Gasteiger partial charge in [-0.15, -0.1) is 0 Å². The molecule has 0 unspecified atom stereocenters. The summed E-state index contributed by atoms with van der Waals surface area (Å²) in [6.45, 7) is 7.58. The Labute approximate surface area is 206 Å². The molecule has 0 bridgehead atoms. The van der Waals surface area contributed by atoms with Gasteiger partial charge < -0.3 is 19.0 Å². The lowest BCUT2D eigenvalue weighted by Gasteiger charge is -2.32. The van der Waals surface area contributed by atoms with E-state index in [1.807, 2.05) is 27.7 Å². The average molecular weight is 504 g/mol. The molecule has 1 saturated heterocycles. The maximum absolute atomic E-state index is 13.5. The van der Waals surface area contributed by atoms with Crippen molar-refractivity contribution in [2.45, 2.75) is 38.9 Å². The van der Waals surface area contributed by atoms with E-state index in [0.717, 1.165) is 10.6 Å². The van der Waals surface area contributed by atoms with Crippen LogP contribution in [0.2, 0.25) is 0 Å². The molecule has 3 aromatic rings. The lowest BCUT2D eigenvalue weighted by Crippen LogP contribution is -2.41. The second-order valence-electron chi connectivity index (χ2n) is 9.62. The first kappa shape index (κ1) is 25.2. The van der Waals surface area contributed by atoms with Crippen LogP contribution in [0.15, 0.2) is 40.8 Å². The molecule has 1 aliphatic rings. The number of furan rings is 1. The van der Waals surface area contributed by atoms with Crippen molar-refractivity contribution in [3.05, 3.63) is 47.8 Å². The molecule has 0 radical (unpaired) electrons. The number of carbonyl (C=O) groups is 1. The molecule has 0 aliphatic carbocycles. The van der Waals surface area contributed by atoms with Crippen molar-refractivity contribution in [1.82, 2.24) is 5.32 Å². The van der Waals surface area contributed by atoms with E-state index in [0.29, 0.717) is 22.1 Å². The number of benzene rings is 2. The van der Waals surface area contributed by atoms with Gasteiger partial charge in [0.1, 0.15) is 17.2 Å². The van der Waals surface area contributed by atoms with Crippen LogP contribution in [0.25, 0.3) is 22.3 Å². The van der Waals surface area contributed by atoms with Gasteiger partial charge in [-0.25, -0.2) is 12.8 Å². The zero-order valence-electron chi connectivity index (χ0n) is 20.7. The molecule has 1 aliphatic heterocycles. The summed E-state index contributed by atoms with van der Waals surface area (Å²) in [5.74, 6) is -0.600. The lowest BCUT2D eigenvalue weighted by atomic mass is 9.77. The highest BCUT2D eigenvalue weighted by Gasteiger charge is 2.52. The van der Waals surface area contributed by atoms with Crippen molar-refractivity contribution in [2.75, 3.05) is 24.7 Å². The number of nitrogens with one attached hydrogen (secondary N) is 1. The minimum atomic E-state index is -3.66. The predicted octanol–water partition coefficient (Wildman–Crippen LogP) is 3.54. The van der Waals surface area contributed by atoms with Crippen molar-refractivity contribution in [3.63, 3.8) is 0 Å². The molecule has 2 aromatic carbocycles. The van der Waals surface area contributed by atoms with Crippen LogP contribution in [0, 0.1) is 5.82 Å². The summed E-state index contributed by atoms with van der Waals surface area (Å²) >= 11 is 0. The van der Waals surface area contributed by atoms with Crippen LogP contribution >= 0.6 is 0 Å². The Morgan fingerprint density at radius 2 is 1.66 bits per heavy atom. The molecule has 1 aromatic heterocycles. The number of fused-ring (bicyclic) bond motifs is 1. The van der Waals surface area contributed by atoms with Gasteiger partial charge in [0, 0.05) is 38.0 Å². The van der Waals surface area contributed by atoms with Gasteiger partial charge >= 0.3 is 7.12 Å². The standard InChI is InChI=1S/C24H28BFN2O6S.H2/c1-23(2)24(3,4)34-25(33-23)17-12-16-19(13-18(17)28(6)35(7,30)31)32-21(20(16)22(29)27-5)14-8-10-15(26)11-9-14;/h8-13H,1-7H3,(H,27,29);1H. The molecule has 11 heteroatoms. The molecule has 0 atom stereocenters. The minimum Gasteiger partial charge on any atom is -0.455 e. The molecule has 4 rings (SSSR count). The fourth-order valence-corrected chi connectivity index (χ4v) is 4.43. The summed E-state index contributed by atoms with van der Waals surface area (Å²) in [5.41, 5.74) is 0.396. The van der Waals surface area contributed by atoms with E-state index < -0.39 is 40.1 Å². The first-order chi connectivity index (χ1) is 16.2. The highest BCUT2D eigenvalue weighted by molar-refractivity contribution is 7.92. The molecule has 0 saturated carbocycles. The third-order valence-corrected chi connectivity index (χ3v) is 7.93. The van der Waals surface area contributed by atoms with Gasteiger partial charge in [0.25, 0.3) is 5.91 Å². The number of anilines is 1. The van der Waals surface area contributed by atoms with Gasteiger partial charge in [-0.2, -0.15) is 0 Å². The Morgan fingerprint density at radius 1 is 1.09 bits per heavy atom. The number of nitrogens with zero attached hydrogens (tertiary/aromatic N) is 1. The minimum absolute atomic E-state index is 0. The Morgan fingerprint density at radius 3 is 2.17 bits per heavy atom. The van der Waals surface area contributed by atoms with Gasteiger partial charge in [0.2, 0.25) is 10.0 Å². The summed E-state index contributed by atoms with van der Waals surface area (Å²) in [7, 11) is -1.63. The topological polar surface area (TPSA) is 98.1 Å². The molecule has 1 N–H and O–H groups in total. The smallest absolute Gasteiger partial charge is 0.455 e. The fraction of sp³-hybridized carbons (Fsp3) is 0.375. The monoisotopic (exact) mass is 504 g/mol. The number of carbonyl (C=O) groups excluding carboxylic acids is 1. The average Bonchev–Trinajstić information content (AvgIpc) is 3.24. The summed E-state index contributed by atoms with van der Waals surface area (Å²) in [6.07, 6.45) is 1.09. The molecule has 35 heavy (non-hydrogen) atoms. The summed E-state index contributed by atoms with van der Waals surface area (Å²) in [5, 5.41) is 3.06. The third-order valence-electron chi connectivity index (χ3n) is 6.74. The quantitative estimate of drug-likeness (QED) is 0.534. The van der Waals surface area contributed by atoms with Crippen LogP contribution < -0.4 is 15.1 Å². The van der Waals surface area contributed by atoms with E-state index in [1.54, 1.807) is 12.1 Å². The van der Waals surface area contributed by atoms with E-state index in [4.69, 9.17) is 13.7 Å². The van der Waals surface area contributed by atoms with Crippen LogP contribution in [-0.2, 0) is 19.3 Å². The summed E-state index contributed by atoms with van der Waals surface area (Å²) in [6, 6.07) is 8.78. The van der Waals surface area contributed by atoms with Crippen LogP contribution in [-0.4, -0.2) is 53.0 Å². The maximum atomic E-state index is 13.5. The van der Waals surface area contributed by atoms with Crippen molar-refractivity contribution in [2.24, 2.45) is 0 Å². The van der Waals surface area contributed by atoms with Crippen molar-refractivity contribution in [3.8, 4) is 11.3 Å². The van der Waals surface area contributed by atoms with Crippen LogP contribution in [0.3, 0.4) is 0 Å². The van der Waals surface area contributed by atoms with Gasteiger partial charge in [0.05, 0.1) is 28.7 Å². The van der Waals surface area contributed by atoms with Crippen molar-refractivity contribution >= 4 is 45.2 Å². The van der Waals surface area contributed by atoms with Gasteiger partial charge in [-0.05, 0) is 58.0 Å². The molecule has 0 spiro atoms. The molecule has 188 valence electrons. The summed E-state index contributed by atoms with van der Waals surface area (Å²) in [4.78, 5) is 13.0. The molecule has 1 amide bonds. The zero-order valence-corrected chi connectivity index (χ0v) is 21.5. The van der Waals surface area contributed by atoms with E-state index >= 15 is 0 Å². The highest BCUT2D eigenvalue weighted by Crippen LogP contribution is 2.40. The normalized spacial score (nSPS) is 17.1. The van der Waals surface area contributed by atoms with Crippen molar-refractivity contribution < 1.29 is 32.8 Å². The summed E-state index contributed by atoms with van der Waals surface area (Å²) < 4.78 is 58.1. The van der Waals surface area contributed by atoms with Gasteiger partial charge in [-0.3, -0.25) is 9.10 Å². The maximum Gasteiger partial charge on any atom is 0.497 e. The van der Waals surface area contributed by atoms with Crippen molar-refractivity contribution in [1.29, 1.82) is 0 Å². The van der Waals surface area contributed by atoms with E-state index in [2.05, 4.69) is 5.32 Å². The number of hydrogen-bond acceptors (Lipinski definition) is 6. The Kier molecular flexibility index (Phi) is 6.02. The van der Waals surface area contributed by atoms with Gasteiger partial charge in [0.15, 0.2) is 0 Å². The molecule has 1 fully saturated rings. The van der Waals surface area contributed by atoms with Crippen LogP contribution in [0.4, 0.5) is 10.1 Å². The highest BCUT2D eigenvalue weighted by atomic mass is 32.2. The number of rotatable bonds is 5. The number of amides is 1. The first-order valence-corrected chi connectivity index (χ1v) is 12.9. The molecular formula is C24H30BFN2O6S. The first-order valence-electron chi connectivity index (χ1n) is 11.0. The second kappa shape index (κ2) is 8.36.